The van der Waals surface area contributed by atoms with Crippen LogP contribution < -0.4 is 0 Å². The van der Waals surface area contributed by atoms with Crippen LogP contribution in [0.15, 0.2) is 11.6 Å². The number of fused-ring (bicyclic) bond motifs is 7. The Hall–Kier alpha value is -0.910. The van der Waals surface area contributed by atoms with E-state index >= 15 is 0 Å². The second-order valence-corrected chi connectivity index (χ2v) is 13.3. The highest BCUT2D eigenvalue weighted by Gasteiger charge is 2.70. The number of aliphatic hydroxyl groups excluding tert-OH is 2. The molecule has 0 bridgehead atoms. The van der Waals surface area contributed by atoms with Gasteiger partial charge in [0.25, 0.3) is 0 Å². The topological polar surface area (TPSA) is 76.0 Å². The summed E-state index contributed by atoms with van der Waals surface area (Å²) in [6.45, 7) is 13.5. The maximum atomic E-state index is 12.0. The molecule has 1 aliphatic heterocycles. The third kappa shape index (κ3) is 3.10. The van der Waals surface area contributed by atoms with Crippen molar-refractivity contribution >= 4 is 5.97 Å². The monoisotopic (exact) mass is 460 g/mol. The number of rotatable bonds is 2. The third-order valence-corrected chi connectivity index (χ3v) is 11.5. The van der Waals surface area contributed by atoms with Crippen molar-refractivity contribution in [1.29, 1.82) is 0 Å². The van der Waals surface area contributed by atoms with E-state index in [4.69, 9.17) is 9.47 Å². The molecule has 1 heterocycles. The number of ether oxygens (including phenoxy) is 2. The molecule has 33 heavy (non-hydrogen) atoms. The van der Waals surface area contributed by atoms with Gasteiger partial charge in [-0.2, -0.15) is 0 Å². The maximum absolute atomic E-state index is 12.0. The summed E-state index contributed by atoms with van der Waals surface area (Å²) in [6.07, 6.45) is 8.17. The lowest BCUT2D eigenvalue weighted by molar-refractivity contribution is -0.259. The summed E-state index contributed by atoms with van der Waals surface area (Å²) < 4.78 is 11.7. The molecular weight excluding hydrogens is 416 g/mol. The summed E-state index contributed by atoms with van der Waals surface area (Å²) in [5, 5.41) is 22.8. The Morgan fingerprint density at radius 2 is 1.85 bits per heavy atom. The fraction of sp³-hybridized carbons (Fsp3) is 0.893. The highest BCUT2D eigenvalue weighted by molar-refractivity contribution is 5.66. The van der Waals surface area contributed by atoms with Gasteiger partial charge in [0.05, 0.1) is 18.8 Å². The SMILES string of the molecule is CC(=O)OC[C@]12CCCC(C)(C)C1CC[C@]1(C)[C@@H]2C[C@@H](O)[C@]2(C)[C@@H]3C(=CC[C@@H]12)[C@H](C)O[C@H]3O. The normalized spacial score (nSPS) is 52.6. The van der Waals surface area contributed by atoms with Gasteiger partial charge in [-0.1, -0.05) is 40.2 Å². The van der Waals surface area contributed by atoms with Gasteiger partial charge < -0.3 is 19.7 Å². The van der Waals surface area contributed by atoms with Crippen LogP contribution in [0.2, 0.25) is 0 Å². The first-order valence-electron chi connectivity index (χ1n) is 13.2. The Morgan fingerprint density at radius 3 is 2.55 bits per heavy atom. The zero-order valence-electron chi connectivity index (χ0n) is 21.4. The summed E-state index contributed by atoms with van der Waals surface area (Å²) >= 11 is 0. The molecule has 0 aromatic heterocycles. The van der Waals surface area contributed by atoms with Crippen LogP contribution in [0.3, 0.4) is 0 Å². The Bertz CT molecular complexity index is 849. The molecule has 5 aliphatic rings. The Morgan fingerprint density at radius 1 is 1.12 bits per heavy atom. The second-order valence-electron chi connectivity index (χ2n) is 13.3. The van der Waals surface area contributed by atoms with Gasteiger partial charge in [0.15, 0.2) is 6.29 Å². The number of hydrogen-bond donors (Lipinski definition) is 2. The molecule has 1 saturated heterocycles. The van der Waals surface area contributed by atoms with E-state index in [0.717, 1.165) is 32.1 Å². The molecule has 4 fully saturated rings. The number of carbonyl (C=O) groups is 1. The minimum absolute atomic E-state index is 0.0195. The molecule has 0 aromatic rings. The van der Waals surface area contributed by atoms with E-state index in [1.165, 1.54) is 18.9 Å². The average Bonchev–Trinajstić information content (AvgIpc) is 3.02. The Labute approximate surface area is 199 Å². The standard InChI is InChI=1S/C28H44O5/c1-16-18-8-9-20-26(5)13-10-19-25(3,4)11-7-12-28(19,15-32-17(2)29)21(26)14-22(30)27(20,6)23(18)24(31)33-16/h8,16,19-24,30-31H,7,9-15H2,1-6H3/t16-,19?,20-,21-,22+,23+,24+,26-,27+,28+/m0/s1. The second kappa shape index (κ2) is 7.54. The first-order chi connectivity index (χ1) is 15.4. The predicted octanol–water partition coefficient (Wildman–Crippen LogP) is 4.85. The van der Waals surface area contributed by atoms with Gasteiger partial charge in [0, 0.05) is 23.7 Å². The van der Waals surface area contributed by atoms with E-state index in [9.17, 15) is 15.0 Å². The van der Waals surface area contributed by atoms with Crippen LogP contribution in [0.25, 0.3) is 0 Å². The highest BCUT2D eigenvalue weighted by atomic mass is 16.6. The first kappa shape index (κ1) is 23.8. The van der Waals surface area contributed by atoms with Crippen molar-refractivity contribution < 1.29 is 24.5 Å². The fourth-order valence-electron chi connectivity index (χ4n) is 10.2. The van der Waals surface area contributed by atoms with Gasteiger partial charge in [0.2, 0.25) is 0 Å². The molecule has 0 spiro atoms. The molecule has 1 unspecified atom stereocenters. The molecule has 0 amide bonds. The van der Waals surface area contributed by atoms with Crippen LogP contribution in [-0.2, 0) is 14.3 Å². The summed E-state index contributed by atoms with van der Waals surface area (Å²) in [5.41, 5.74) is 0.885. The molecule has 10 atom stereocenters. The lowest BCUT2D eigenvalue weighted by Gasteiger charge is -2.70. The molecule has 2 N–H and O–H groups in total. The van der Waals surface area contributed by atoms with Gasteiger partial charge >= 0.3 is 5.97 Å². The van der Waals surface area contributed by atoms with Gasteiger partial charge in [-0.15, -0.1) is 0 Å². The highest BCUT2D eigenvalue weighted by Crippen LogP contribution is 2.73. The Balaban J connectivity index is 1.60. The lowest BCUT2D eigenvalue weighted by Crippen LogP contribution is -2.68. The zero-order valence-corrected chi connectivity index (χ0v) is 21.4. The summed E-state index contributed by atoms with van der Waals surface area (Å²) in [7, 11) is 0. The largest absolute Gasteiger partial charge is 0.465 e. The lowest BCUT2D eigenvalue weighted by atomic mass is 9.34. The summed E-state index contributed by atoms with van der Waals surface area (Å²) in [4.78, 5) is 12.0. The molecule has 5 nitrogen and oxygen atoms in total. The van der Waals surface area contributed by atoms with Crippen LogP contribution in [-0.4, -0.2) is 41.3 Å². The van der Waals surface area contributed by atoms with Gasteiger partial charge in [-0.3, -0.25) is 4.79 Å². The van der Waals surface area contributed by atoms with Crippen molar-refractivity contribution in [2.24, 2.45) is 45.3 Å². The van der Waals surface area contributed by atoms with Crippen LogP contribution >= 0.6 is 0 Å². The van der Waals surface area contributed by atoms with Crippen molar-refractivity contribution in [3.8, 4) is 0 Å². The number of hydrogen-bond acceptors (Lipinski definition) is 5. The molecule has 5 rings (SSSR count). The van der Waals surface area contributed by atoms with E-state index in [0.29, 0.717) is 24.9 Å². The molecule has 0 radical (unpaired) electrons. The van der Waals surface area contributed by atoms with E-state index in [2.05, 4.69) is 33.8 Å². The van der Waals surface area contributed by atoms with E-state index in [1.807, 2.05) is 6.92 Å². The van der Waals surface area contributed by atoms with Gasteiger partial charge in [-0.05, 0) is 79.6 Å². The van der Waals surface area contributed by atoms with E-state index in [1.54, 1.807) is 0 Å². The van der Waals surface area contributed by atoms with Crippen molar-refractivity contribution in [2.45, 2.75) is 105 Å². The smallest absolute Gasteiger partial charge is 0.302 e. The van der Waals surface area contributed by atoms with E-state index in [-0.39, 0.29) is 40.2 Å². The zero-order chi connectivity index (χ0) is 24.0. The summed E-state index contributed by atoms with van der Waals surface area (Å²) in [6, 6.07) is 0. The van der Waals surface area contributed by atoms with Crippen molar-refractivity contribution in [2.75, 3.05) is 6.61 Å². The van der Waals surface area contributed by atoms with Crippen LogP contribution in [0.4, 0.5) is 0 Å². The molecule has 4 aliphatic carbocycles. The average molecular weight is 461 g/mol. The van der Waals surface area contributed by atoms with E-state index < -0.39 is 17.8 Å². The van der Waals surface area contributed by atoms with Crippen molar-refractivity contribution in [3.63, 3.8) is 0 Å². The summed E-state index contributed by atoms with van der Waals surface area (Å²) in [5.74, 6) is 0.691. The van der Waals surface area contributed by atoms with Crippen LogP contribution in [0.5, 0.6) is 0 Å². The van der Waals surface area contributed by atoms with Crippen molar-refractivity contribution in [1.82, 2.24) is 0 Å². The van der Waals surface area contributed by atoms with Gasteiger partial charge in [-0.25, -0.2) is 0 Å². The number of aliphatic hydroxyl groups is 2. The fourth-order valence-corrected chi connectivity index (χ4v) is 10.2. The van der Waals surface area contributed by atoms with Crippen molar-refractivity contribution in [3.05, 3.63) is 11.6 Å². The number of carbonyl (C=O) groups excluding carboxylic acids is 1. The predicted molar refractivity (Wildman–Crippen MR) is 126 cm³/mol. The first-order valence-corrected chi connectivity index (χ1v) is 13.2. The number of esters is 1. The van der Waals surface area contributed by atoms with Crippen LogP contribution in [0, 0.1) is 45.3 Å². The molecule has 0 aromatic carbocycles. The maximum Gasteiger partial charge on any atom is 0.302 e. The number of allylic oxidation sites excluding steroid dienone is 1. The third-order valence-electron chi connectivity index (χ3n) is 11.5. The van der Waals surface area contributed by atoms with Gasteiger partial charge in [0.1, 0.15) is 0 Å². The minimum atomic E-state index is -0.853. The molecular formula is C28H44O5. The Kier molecular flexibility index (Phi) is 5.44. The molecule has 3 saturated carbocycles. The molecule has 5 heteroatoms. The minimum Gasteiger partial charge on any atom is -0.465 e. The molecule has 186 valence electrons. The van der Waals surface area contributed by atoms with Crippen LogP contribution in [0.1, 0.15) is 86.5 Å². The quantitative estimate of drug-likeness (QED) is 0.455.